The molecule has 5 nitrogen and oxygen atoms in total. The maximum Gasteiger partial charge on any atom is 0.229 e. The normalized spacial score (nSPS) is 27.8. The van der Waals surface area contributed by atoms with Crippen LogP contribution in [0.5, 0.6) is 0 Å². The predicted molar refractivity (Wildman–Crippen MR) is 73.0 cm³/mol. The van der Waals surface area contributed by atoms with E-state index in [-0.39, 0.29) is 11.3 Å². The summed E-state index contributed by atoms with van der Waals surface area (Å²) in [5, 5.41) is 6.23. The Morgan fingerprint density at radius 3 is 2.84 bits per heavy atom. The molecule has 2 rings (SSSR count). The van der Waals surface area contributed by atoms with E-state index in [1.54, 1.807) is 7.11 Å². The zero-order chi connectivity index (χ0) is 13.6. The molecular formula is C14H26N2O3. The highest BCUT2D eigenvalue weighted by molar-refractivity contribution is 5.83. The highest BCUT2D eigenvalue weighted by Crippen LogP contribution is 2.26. The van der Waals surface area contributed by atoms with E-state index < -0.39 is 0 Å². The number of ether oxygens (including phenoxy) is 2. The summed E-state index contributed by atoms with van der Waals surface area (Å²) in [4.78, 5) is 12.3. The van der Waals surface area contributed by atoms with E-state index in [2.05, 4.69) is 10.6 Å². The first kappa shape index (κ1) is 14.8. The molecule has 2 fully saturated rings. The predicted octanol–water partition coefficient (Wildman–Crippen LogP) is 0.688. The van der Waals surface area contributed by atoms with Gasteiger partial charge in [-0.25, -0.2) is 0 Å². The molecule has 1 atom stereocenters. The highest BCUT2D eigenvalue weighted by Gasteiger charge is 2.41. The Bertz CT molecular complexity index is 284. The minimum atomic E-state index is -0.387. The van der Waals surface area contributed by atoms with Crippen molar-refractivity contribution in [3.63, 3.8) is 0 Å². The van der Waals surface area contributed by atoms with Crippen LogP contribution in [0.3, 0.4) is 0 Å². The first-order valence-corrected chi connectivity index (χ1v) is 7.36. The minimum Gasteiger partial charge on any atom is -0.384 e. The first-order valence-electron chi connectivity index (χ1n) is 7.36. The fraction of sp³-hybridized carbons (Fsp3) is 0.929. The molecule has 0 aromatic heterocycles. The SMILES string of the molecule is COCC1(C(=O)NCCOC2CCCC2)CCNC1. The van der Waals surface area contributed by atoms with Gasteiger partial charge in [0.2, 0.25) is 5.91 Å². The van der Waals surface area contributed by atoms with E-state index >= 15 is 0 Å². The molecule has 5 heteroatoms. The third-order valence-electron chi connectivity index (χ3n) is 4.19. The van der Waals surface area contributed by atoms with Crippen molar-refractivity contribution in [2.24, 2.45) is 5.41 Å². The fourth-order valence-electron chi connectivity index (χ4n) is 3.04. The van der Waals surface area contributed by atoms with Crippen molar-refractivity contribution < 1.29 is 14.3 Å². The van der Waals surface area contributed by atoms with Gasteiger partial charge in [-0.2, -0.15) is 0 Å². The largest absolute Gasteiger partial charge is 0.384 e. The minimum absolute atomic E-state index is 0.0920. The van der Waals surface area contributed by atoms with E-state index in [0.29, 0.717) is 32.4 Å². The summed E-state index contributed by atoms with van der Waals surface area (Å²) in [5.74, 6) is 0.0920. The van der Waals surface area contributed by atoms with Crippen LogP contribution in [-0.4, -0.2) is 52.0 Å². The second kappa shape index (κ2) is 7.22. The molecule has 1 aliphatic heterocycles. The van der Waals surface area contributed by atoms with Crippen LogP contribution >= 0.6 is 0 Å². The van der Waals surface area contributed by atoms with Gasteiger partial charge in [-0.05, 0) is 25.8 Å². The second-order valence-corrected chi connectivity index (χ2v) is 5.67. The lowest BCUT2D eigenvalue weighted by molar-refractivity contribution is -0.133. The van der Waals surface area contributed by atoms with Crippen molar-refractivity contribution in [3.8, 4) is 0 Å². The maximum absolute atomic E-state index is 12.3. The van der Waals surface area contributed by atoms with E-state index in [1.807, 2.05) is 0 Å². The van der Waals surface area contributed by atoms with Gasteiger partial charge in [0.1, 0.15) is 0 Å². The summed E-state index contributed by atoms with van der Waals surface area (Å²) >= 11 is 0. The van der Waals surface area contributed by atoms with Gasteiger partial charge in [0.15, 0.2) is 0 Å². The van der Waals surface area contributed by atoms with Crippen LogP contribution in [0, 0.1) is 5.41 Å². The first-order chi connectivity index (χ1) is 9.27. The molecule has 0 aromatic rings. The Kier molecular flexibility index (Phi) is 5.60. The topological polar surface area (TPSA) is 59.6 Å². The number of hydrogen-bond acceptors (Lipinski definition) is 4. The van der Waals surface area contributed by atoms with Gasteiger partial charge < -0.3 is 20.1 Å². The van der Waals surface area contributed by atoms with E-state index in [9.17, 15) is 4.79 Å². The van der Waals surface area contributed by atoms with Crippen molar-refractivity contribution in [1.29, 1.82) is 0 Å². The van der Waals surface area contributed by atoms with Crippen LogP contribution in [0.1, 0.15) is 32.1 Å². The molecule has 1 saturated carbocycles. The Hall–Kier alpha value is -0.650. The summed E-state index contributed by atoms with van der Waals surface area (Å²) < 4.78 is 11.0. The lowest BCUT2D eigenvalue weighted by atomic mass is 9.87. The molecule has 1 unspecified atom stereocenters. The molecule has 19 heavy (non-hydrogen) atoms. The van der Waals surface area contributed by atoms with E-state index in [0.717, 1.165) is 13.0 Å². The van der Waals surface area contributed by atoms with Crippen molar-refractivity contribution in [2.45, 2.75) is 38.2 Å². The summed E-state index contributed by atoms with van der Waals surface area (Å²) in [7, 11) is 1.65. The molecule has 1 saturated heterocycles. The fourth-order valence-corrected chi connectivity index (χ4v) is 3.04. The van der Waals surface area contributed by atoms with Crippen LogP contribution in [0.15, 0.2) is 0 Å². The number of rotatable bonds is 7. The molecular weight excluding hydrogens is 244 g/mol. The standard InChI is InChI=1S/C14H26N2O3/c1-18-11-14(6-7-15-10-14)13(17)16-8-9-19-12-4-2-3-5-12/h12,15H,2-11H2,1H3,(H,16,17). The average Bonchev–Trinajstić information content (AvgIpc) is 3.06. The summed E-state index contributed by atoms with van der Waals surface area (Å²) in [6.45, 7) is 3.29. The zero-order valence-corrected chi connectivity index (χ0v) is 11.9. The third kappa shape index (κ3) is 3.91. The zero-order valence-electron chi connectivity index (χ0n) is 11.9. The smallest absolute Gasteiger partial charge is 0.229 e. The Balaban J connectivity index is 1.67. The number of amides is 1. The molecule has 0 radical (unpaired) electrons. The lowest BCUT2D eigenvalue weighted by Gasteiger charge is -2.26. The van der Waals surface area contributed by atoms with Crippen molar-refractivity contribution >= 4 is 5.91 Å². The van der Waals surface area contributed by atoms with Crippen LogP contribution < -0.4 is 10.6 Å². The average molecular weight is 270 g/mol. The highest BCUT2D eigenvalue weighted by atomic mass is 16.5. The number of carbonyl (C=O) groups is 1. The molecule has 2 N–H and O–H groups in total. The van der Waals surface area contributed by atoms with Gasteiger partial charge in [-0.15, -0.1) is 0 Å². The number of methoxy groups -OCH3 is 1. The van der Waals surface area contributed by atoms with Crippen LogP contribution in [0.2, 0.25) is 0 Å². The van der Waals surface area contributed by atoms with E-state index in [4.69, 9.17) is 9.47 Å². The van der Waals surface area contributed by atoms with Crippen molar-refractivity contribution in [3.05, 3.63) is 0 Å². The van der Waals surface area contributed by atoms with Gasteiger partial charge in [-0.3, -0.25) is 4.79 Å². The Labute approximate surface area is 115 Å². The summed E-state index contributed by atoms with van der Waals surface area (Å²) in [6, 6.07) is 0. The van der Waals surface area contributed by atoms with Gasteiger partial charge in [0.25, 0.3) is 0 Å². The Morgan fingerprint density at radius 2 is 2.21 bits per heavy atom. The summed E-state index contributed by atoms with van der Waals surface area (Å²) in [5.41, 5.74) is -0.387. The van der Waals surface area contributed by atoms with Crippen molar-refractivity contribution in [1.82, 2.24) is 10.6 Å². The molecule has 110 valence electrons. The molecule has 1 heterocycles. The van der Waals surface area contributed by atoms with E-state index in [1.165, 1.54) is 25.7 Å². The molecule has 1 amide bonds. The molecule has 0 bridgehead atoms. The molecule has 1 aliphatic carbocycles. The molecule has 0 spiro atoms. The lowest BCUT2D eigenvalue weighted by Crippen LogP contribution is -2.46. The van der Waals surface area contributed by atoms with Crippen LogP contribution in [0.25, 0.3) is 0 Å². The molecule has 0 aromatic carbocycles. The summed E-state index contributed by atoms with van der Waals surface area (Å²) in [6.07, 6.45) is 6.16. The third-order valence-corrected chi connectivity index (χ3v) is 4.19. The maximum atomic E-state index is 12.3. The number of hydrogen-bond donors (Lipinski definition) is 2. The second-order valence-electron chi connectivity index (χ2n) is 5.67. The number of carbonyl (C=O) groups excluding carboxylic acids is 1. The van der Waals surface area contributed by atoms with Gasteiger partial charge >= 0.3 is 0 Å². The number of nitrogens with one attached hydrogen (secondary N) is 2. The van der Waals surface area contributed by atoms with Crippen molar-refractivity contribution in [2.75, 3.05) is 40.0 Å². The molecule has 2 aliphatic rings. The van der Waals surface area contributed by atoms with Crippen LogP contribution in [0.4, 0.5) is 0 Å². The van der Waals surface area contributed by atoms with Gasteiger partial charge in [-0.1, -0.05) is 12.8 Å². The Morgan fingerprint density at radius 1 is 1.42 bits per heavy atom. The van der Waals surface area contributed by atoms with Crippen LogP contribution in [-0.2, 0) is 14.3 Å². The van der Waals surface area contributed by atoms with Gasteiger partial charge in [0.05, 0.1) is 24.7 Å². The monoisotopic (exact) mass is 270 g/mol. The quantitative estimate of drug-likeness (QED) is 0.668. The van der Waals surface area contributed by atoms with Gasteiger partial charge in [0, 0.05) is 20.2 Å².